The lowest BCUT2D eigenvalue weighted by Crippen LogP contribution is -2.31. The molecule has 1 atom stereocenters. The first-order chi connectivity index (χ1) is 21.9. The number of fused-ring (bicyclic) bond motifs is 2. The van der Waals surface area contributed by atoms with E-state index in [9.17, 15) is 4.79 Å². The Labute approximate surface area is 261 Å². The third-order valence-corrected chi connectivity index (χ3v) is 8.26. The summed E-state index contributed by atoms with van der Waals surface area (Å²) < 4.78 is 55.0. The van der Waals surface area contributed by atoms with Crippen molar-refractivity contribution in [2.75, 3.05) is 13.7 Å². The van der Waals surface area contributed by atoms with Crippen molar-refractivity contribution in [2.24, 2.45) is 0 Å². The van der Waals surface area contributed by atoms with Crippen molar-refractivity contribution in [3.8, 4) is 17.1 Å². The van der Waals surface area contributed by atoms with E-state index < -0.39 is 17.6 Å². The molecule has 1 aliphatic heterocycles. The normalized spacial score (nSPS) is 14.5. The van der Waals surface area contributed by atoms with Gasteiger partial charge in [0.1, 0.15) is 29.6 Å². The number of carbonyl (C=O) groups excluding carboxylic acids is 1. The number of rotatable bonds is 9. The summed E-state index contributed by atoms with van der Waals surface area (Å²) in [5.41, 5.74) is 3.42. The number of nitrogens with zero attached hydrogens (tertiary/aromatic N) is 3. The number of furan rings is 1. The van der Waals surface area contributed by atoms with Gasteiger partial charge in [-0.2, -0.15) is 0 Å². The summed E-state index contributed by atoms with van der Waals surface area (Å²) in [6.45, 7) is 1.27. The summed E-state index contributed by atoms with van der Waals surface area (Å²) in [5.74, 6) is -0.949. The Bertz CT molecular complexity index is 2070. The molecule has 3 aromatic carbocycles. The Morgan fingerprint density at radius 1 is 1.04 bits per heavy atom. The fourth-order valence-electron chi connectivity index (χ4n) is 5.47. The van der Waals surface area contributed by atoms with Crippen LogP contribution < -0.4 is 4.74 Å². The minimum absolute atomic E-state index is 0.000656. The van der Waals surface area contributed by atoms with Crippen LogP contribution in [-0.2, 0) is 29.0 Å². The highest BCUT2D eigenvalue weighted by atomic mass is 35.5. The van der Waals surface area contributed by atoms with Crippen LogP contribution in [0.2, 0.25) is 5.02 Å². The van der Waals surface area contributed by atoms with Crippen LogP contribution in [-0.4, -0.2) is 40.3 Å². The average Bonchev–Trinajstić information content (AvgIpc) is 3.65. The quantitative estimate of drug-likeness (QED) is 0.153. The Morgan fingerprint density at radius 3 is 2.71 bits per heavy atom. The fourth-order valence-corrected chi connectivity index (χ4v) is 5.69. The van der Waals surface area contributed by atoms with Crippen LogP contribution in [0.5, 0.6) is 5.88 Å². The largest absolute Gasteiger partial charge is 0.473 e. The van der Waals surface area contributed by atoms with E-state index in [-0.39, 0.29) is 41.8 Å². The number of halogens is 3. The molecule has 45 heavy (non-hydrogen) atoms. The van der Waals surface area contributed by atoms with Gasteiger partial charge in [-0.1, -0.05) is 23.7 Å². The van der Waals surface area contributed by atoms with Crippen LogP contribution in [0.1, 0.15) is 33.7 Å². The number of aromatic nitrogens is 3. The standard InChI is InChI=1S/C34H26ClF2N3O5/c1-42-34(41)19-6-8-29-30(14-19)40(17-22-9-11-43-22)31(38-29)15-21-13-27(37)24(16-26(21)36)28-3-2-4-32(39-28)45-18-20-5-7-25(35)23-10-12-44-33(20)23/h2-8,10,12-14,16,22H,9,11,15,17-18H2,1H3/t22-/m0/s1. The van der Waals surface area contributed by atoms with E-state index in [0.29, 0.717) is 46.2 Å². The Kier molecular flexibility index (Phi) is 7.68. The molecule has 8 nitrogen and oxygen atoms in total. The molecule has 228 valence electrons. The highest BCUT2D eigenvalue weighted by Crippen LogP contribution is 2.31. The van der Waals surface area contributed by atoms with Gasteiger partial charge >= 0.3 is 5.97 Å². The minimum Gasteiger partial charge on any atom is -0.473 e. The lowest BCUT2D eigenvalue weighted by Gasteiger charge is -2.27. The van der Waals surface area contributed by atoms with Crippen LogP contribution in [0.4, 0.5) is 8.78 Å². The number of benzene rings is 3. The van der Waals surface area contributed by atoms with Gasteiger partial charge in [-0.3, -0.25) is 0 Å². The topological polar surface area (TPSA) is 88.6 Å². The van der Waals surface area contributed by atoms with E-state index >= 15 is 8.78 Å². The predicted molar refractivity (Wildman–Crippen MR) is 163 cm³/mol. The van der Waals surface area contributed by atoms with E-state index in [1.165, 1.54) is 13.2 Å². The van der Waals surface area contributed by atoms with Crippen molar-refractivity contribution >= 4 is 39.6 Å². The minimum atomic E-state index is -0.635. The molecular formula is C34H26ClF2N3O5. The summed E-state index contributed by atoms with van der Waals surface area (Å²) in [4.78, 5) is 21.3. The van der Waals surface area contributed by atoms with E-state index in [1.807, 2.05) is 4.57 Å². The van der Waals surface area contributed by atoms with Gasteiger partial charge in [0, 0.05) is 35.6 Å². The molecule has 6 aromatic rings. The highest BCUT2D eigenvalue weighted by Gasteiger charge is 2.24. The van der Waals surface area contributed by atoms with E-state index in [4.69, 9.17) is 35.2 Å². The molecule has 3 aromatic heterocycles. The second-order valence-electron chi connectivity index (χ2n) is 10.7. The summed E-state index contributed by atoms with van der Waals surface area (Å²) in [6, 6.07) is 17.6. The maximum atomic E-state index is 15.6. The van der Waals surface area contributed by atoms with E-state index in [2.05, 4.69) is 4.98 Å². The van der Waals surface area contributed by atoms with Gasteiger partial charge in [-0.25, -0.2) is 23.5 Å². The molecule has 11 heteroatoms. The zero-order valence-electron chi connectivity index (χ0n) is 24.1. The number of ether oxygens (including phenoxy) is 3. The third-order valence-electron chi connectivity index (χ3n) is 7.93. The van der Waals surface area contributed by atoms with Gasteiger partial charge in [-0.05, 0) is 60.5 Å². The predicted octanol–water partition coefficient (Wildman–Crippen LogP) is 7.52. The lowest BCUT2D eigenvalue weighted by molar-refractivity contribution is -0.0589. The van der Waals surface area contributed by atoms with Gasteiger partial charge in [0.25, 0.3) is 0 Å². The van der Waals surface area contributed by atoms with Gasteiger partial charge in [-0.15, -0.1) is 0 Å². The second kappa shape index (κ2) is 11.9. The lowest BCUT2D eigenvalue weighted by atomic mass is 10.0. The van der Waals surface area contributed by atoms with Crippen molar-refractivity contribution in [3.63, 3.8) is 0 Å². The smallest absolute Gasteiger partial charge is 0.337 e. The van der Waals surface area contributed by atoms with Gasteiger partial charge < -0.3 is 23.2 Å². The summed E-state index contributed by atoms with van der Waals surface area (Å²) in [6.07, 6.45) is 2.42. The molecular weight excluding hydrogens is 604 g/mol. The van der Waals surface area contributed by atoms with Crippen molar-refractivity contribution in [2.45, 2.75) is 32.1 Å². The summed E-state index contributed by atoms with van der Waals surface area (Å²) >= 11 is 6.23. The van der Waals surface area contributed by atoms with Crippen molar-refractivity contribution in [1.29, 1.82) is 0 Å². The van der Waals surface area contributed by atoms with Crippen LogP contribution >= 0.6 is 11.6 Å². The van der Waals surface area contributed by atoms with Gasteiger partial charge in [0.15, 0.2) is 0 Å². The number of hydrogen-bond acceptors (Lipinski definition) is 7. The maximum Gasteiger partial charge on any atom is 0.337 e. The molecule has 4 heterocycles. The first-order valence-corrected chi connectivity index (χ1v) is 14.7. The van der Waals surface area contributed by atoms with Gasteiger partial charge in [0.2, 0.25) is 5.88 Å². The molecule has 0 amide bonds. The Balaban J connectivity index is 1.15. The zero-order chi connectivity index (χ0) is 31.1. The molecule has 0 spiro atoms. The first-order valence-electron chi connectivity index (χ1n) is 14.3. The molecule has 0 bridgehead atoms. The fraction of sp³-hybridized carbons (Fsp3) is 0.206. The number of hydrogen-bond donors (Lipinski definition) is 0. The number of pyridine rings is 1. The zero-order valence-corrected chi connectivity index (χ0v) is 24.8. The Morgan fingerprint density at radius 2 is 1.91 bits per heavy atom. The van der Waals surface area contributed by atoms with E-state index in [0.717, 1.165) is 23.4 Å². The number of methoxy groups -OCH3 is 1. The molecule has 7 rings (SSSR count). The number of carbonyl (C=O) groups is 1. The van der Waals surface area contributed by atoms with Crippen molar-refractivity contribution in [1.82, 2.24) is 14.5 Å². The van der Waals surface area contributed by atoms with Crippen LogP contribution in [0.3, 0.4) is 0 Å². The Hall–Kier alpha value is -4.80. The monoisotopic (exact) mass is 629 g/mol. The van der Waals surface area contributed by atoms with Gasteiger partial charge in [0.05, 0.1) is 53.3 Å². The van der Waals surface area contributed by atoms with Crippen LogP contribution in [0.15, 0.2) is 77.4 Å². The number of esters is 1. The van der Waals surface area contributed by atoms with Crippen LogP contribution in [0, 0.1) is 11.6 Å². The van der Waals surface area contributed by atoms with Crippen LogP contribution in [0.25, 0.3) is 33.3 Å². The molecule has 0 radical (unpaired) electrons. The third kappa shape index (κ3) is 5.63. The molecule has 0 unspecified atom stereocenters. The molecule has 0 N–H and O–H groups in total. The summed E-state index contributed by atoms with van der Waals surface area (Å²) in [5, 5.41) is 1.34. The second-order valence-corrected chi connectivity index (χ2v) is 11.1. The average molecular weight is 630 g/mol. The highest BCUT2D eigenvalue weighted by molar-refractivity contribution is 6.35. The van der Waals surface area contributed by atoms with Crippen molar-refractivity contribution in [3.05, 3.63) is 112 Å². The molecule has 1 saturated heterocycles. The molecule has 1 aliphatic rings. The SMILES string of the molecule is COC(=O)c1ccc2nc(Cc3cc(F)c(-c4cccc(OCc5ccc(Cl)c6ccoc56)n4)cc3F)n(C[C@@H]3CCO3)c2c1. The summed E-state index contributed by atoms with van der Waals surface area (Å²) in [7, 11) is 1.32. The molecule has 1 fully saturated rings. The van der Waals surface area contributed by atoms with E-state index in [1.54, 1.807) is 60.9 Å². The molecule has 0 aliphatic carbocycles. The number of imidazole rings is 1. The van der Waals surface area contributed by atoms with Crippen molar-refractivity contribution < 1.29 is 32.2 Å². The maximum absolute atomic E-state index is 15.6. The molecule has 0 saturated carbocycles. The first kappa shape index (κ1) is 28.9.